The largest absolute Gasteiger partial charge is 0.365 e. The van der Waals surface area contributed by atoms with Crippen molar-refractivity contribution in [2.24, 2.45) is 5.92 Å². The lowest BCUT2D eigenvalue weighted by atomic mass is 9.93. The van der Waals surface area contributed by atoms with E-state index in [0.29, 0.717) is 17.4 Å². The molecule has 1 N–H and O–H groups in total. The molecule has 0 saturated heterocycles. The Morgan fingerprint density at radius 3 is 2.40 bits per heavy atom. The van der Waals surface area contributed by atoms with Crippen LogP contribution in [0.3, 0.4) is 0 Å². The molecule has 0 fully saturated rings. The summed E-state index contributed by atoms with van der Waals surface area (Å²) in [5.74, 6) is -2.59. The maximum absolute atomic E-state index is 13.5. The molecule has 0 spiro atoms. The summed E-state index contributed by atoms with van der Waals surface area (Å²) >= 11 is 0. The van der Waals surface area contributed by atoms with Crippen molar-refractivity contribution in [3.05, 3.63) is 23.2 Å². The van der Waals surface area contributed by atoms with E-state index in [4.69, 9.17) is 0 Å². The standard InChI is InChI=1S/C15H21F2N3/c1-9-6-7-11-10(8-9)12(20-14(2,3)4)19-13(18-11)15(5,16)17/h6-7,9H,8H2,1-5H3,(H,18,19,20). The molecule has 0 bridgehead atoms. The third kappa shape index (κ3) is 3.32. The Morgan fingerprint density at radius 1 is 1.20 bits per heavy atom. The lowest BCUT2D eigenvalue weighted by Gasteiger charge is -2.27. The van der Waals surface area contributed by atoms with E-state index in [1.807, 2.05) is 32.9 Å². The number of hydrogen-bond acceptors (Lipinski definition) is 3. The van der Waals surface area contributed by atoms with Gasteiger partial charge in [-0.25, -0.2) is 9.97 Å². The van der Waals surface area contributed by atoms with Crippen molar-refractivity contribution in [1.82, 2.24) is 9.97 Å². The number of aromatic nitrogens is 2. The van der Waals surface area contributed by atoms with Crippen molar-refractivity contribution >= 4 is 11.9 Å². The van der Waals surface area contributed by atoms with Crippen molar-refractivity contribution in [1.29, 1.82) is 0 Å². The molecule has 20 heavy (non-hydrogen) atoms. The molecule has 0 saturated carbocycles. The van der Waals surface area contributed by atoms with Gasteiger partial charge in [-0.3, -0.25) is 0 Å². The molecule has 1 aliphatic rings. The van der Waals surface area contributed by atoms with Crippen LogP contribution in [0.5, 0.6) is 0 Å². The van der Waals surface area contributed by atoms with Crippen LogP contribution in [0.4, 0.5) is 14.6 Å². The molecule has 2 rings (SSSR count). The molecule has 110 valence electrons. The summed E-state index contributed by atoms with van der Waals surface area (Å²) in [6.45, 7) is 8.85. The lowest BCUT2D eigenvalue weighted by Crippen LogP contribution is -2.29. The minimum Gasteiger partial charge on any atom is -0.365 e. The van der Waals surface area contributed by atoms with E-state index in [0.717, 1.165) is 18.9 Å². The molecule has 1 heterocycles. The van der Waals surface area contributed by atoms with Gasteiger partial charge in [-0.05, 0) is 39.2 Å². The first-order valence-electron chi connectivity index (χ1n) is 6.82. The van der Waals surface area contributed by atoms with Crippen LogP contribution in [0.25, 0.3) is 6.08 Å². The summed E-state index contributed by atoms with van der Waals surface area (Å²) in [5.41, 5.74) is 1.27. The van der Waals surface area contributed by atoms with Gasteiger partial charge in [-0.1, -0.05) is 13.0 Å². The van der Waals surface area contributed by atoms with E-state index in [1.165, 1.54) is 0 Å². The first-order chi connectivity index (χ1) is 9.06. The fraction of sp³-hybridized carbons (Fsp3) is 0.600. The molecule has 0 aliphatic heterocycles. The van der Waals surface area contributed by atoms with E-state index in [-0.39, 0.29) is 5.54 Å². The van der Waals surface area contributed by atoms with Crippen LogP contribution >= 0.6 is 0 Å². The van der Waals surface area contributed by atoms with E-state index >= 15 is 0 Å². The molecule has 3 nitrogen and oxygen atoms in total. The minimum atomic E-state index is -3.04. The van der Waals surface area contributed by atoms with E-state index in [1.54, 1.807) is 0 Å². The smallest absolute Gasteiger partial charge is 0.303 e. The van der Waals surface area contributed by atoms with Crippen molar-refractivity contribution in [3.8, 4) is 0 Å². The number of allylic oxidation sites excluding steroid dienone is 1. The van der Waals surface area contributed by atoms with Crippen LogP contribution in [-0.4, -0.2) is 15.5 Å². The van der Waals surface area contributed by atoms with Gasteiger partial charge in [-0.2, -0.15) is 8.78 Å². The molecule has 1 aliphatic carbocycles. The molecule has 1 aromatic heterocycles. The highest BCUT2D eigenvalue weighted by atomic mass is 19.3. The maximum Gasteiger partial charge on any atom is 0.303 e. The van der Waals surface area contributed by atoms with Crippen molar-refractivity contribution < 1.29 is 8.78 Å². The monoisotopic (exact) mass is 281 g/mol. The fourth-order valence-corrected chi connectivity index (χ4v) is 2.14. The molecule has 0 amide bonds. The maximum atomic E-state index is 13.5. The number of nitrogens with one attached hydrogen (secondary N) is 1. The zero-order chi connectivity index (χ0) is 15.1. The second kappa shape index (κ2) is 4.79. The average Bonchev–Trinajstić information content (AvgIpc) is 2.26. The Morgan fingerprint density at radius 2 is 1.85 bits per heavy atom. The summed E-state index contributed by atoms with van der Waals surface area (Å²) in [7, 11) is 0. The Hall–Kier alpha value is -1.52. The summed E-state index contributed by atoms with van der Waals surface area (Å²) in [6, 6.07) is 0. The zero-order valence-corrected chi connectivity index (χ0v) is 12.6. The first-order valence-corrected chi connectivity index (χ1v) is 6.82. The lowest BCUT2D eigenvalue weighted by molar-refractivity contribution is 0.00769. The molecule has 5 heteroatoms. The van der Waals surface area contributed by atoms with Gasteiger partial charge in [0.25, 0.3) is 0 Å². The molecular weight excluding hydrogens is 260 g/mol. The Balaban J connectivity index is 2.55. The van der Waals surface area contributed by atoms with Gasteiger partial charge >= 0.3 is 5.92 Å². The highest BCUT2D eigenvalue weighted by molar-refractivity contribution is 5.61. The topological polar surface area (TPSA) is 37.8 Å². The Kier molecular flexibility index (Phi) is 3.56. The predicted molar refractivity (Wildman–Crippen MR) is 76.9 cm³/mol. The summed E-state index contributed by atoms with van der Waals surface area (Å²) in [4.78, 5) is 8.09. The van der Waals surface area contributed by atoms with Crippen molar-refractivity contribution in [2.45, 2.75) is 52.5 Å². The van der Waals surface area contributed by atoms with Gasteiger partial charge in [0, 0.05) is 18.0 Å². The third-order valence-corrected chi connectivity index (χ3v) is 3.03. The van der Waals surface area contributed by atoms with Crippen molar-refractivity contribution in [3.63, 3.8) is 0 Å². The van der Waals surface area contributed by atoms with Gasteiger partial charge in [0.15, 0.2) is 0 Å². The normalized spacial score (nSPS) is 18.9. The number of rotatable bonds is 2. The Bertz CT molecular complexity index is 539. The number of hydrogen-bond donors (Lipinski definition) is 1. The first kappa shape index (κ1) is 14.9. The van der Waals surface area contributed by atoms with Gasteiger partial charge in [0.05, 0.1) is 5.69 Å². The SMILES string of the molecule is CC1C=Cc2nc(C(C)(F)F)nc(NC(C)(C)C)c2C1. The molecule has 0 aromatic carbocycles. The quantitative estimate of drug-likeness (QED) is 0.890. The molecule has 1 aromatic rings. The summed E-state index contributed by atoms with van der Waals surface area (Å²) in [6.07, 6.45) is 4.57. The van der Waals surface area contributed by atoms with E-state index in [2.05, 4.69) is 22.2 Å². The van der Waals surface area contributed by atoms with Gasteiger partial charge in [0.1, 0.15) is 5.82 Å². The van der Waals surface area contributed by atoms with Gasteiger partial charge in [0.2, 0.25) is 5.82 Å². The number of anilines is 1. The van der Waals surface area contributed by atoms with Crippen LogP contribution < -0.4 is 5.32 Å². The zero-order valence-electron chi connectivity index (χ0n) is 12.6. The minimum absolute atomic E-state index is 0.243. The van der Waals surface area contributed by atoms with Crippen LogP contribution in [0.2, 0.25) is 0 Å². The number of fused-ring (bicyclic) bond motifs is 1. The number of halogens is 2. The van der Waals surface area contributed by atoms with Crippen molar-refractivity contribution in [2.75, 3.05) is 5.32 Å². The predicted octanol–water partition coefficient (Wildman–Crippen LogP) is 4.00. The summed E-state index contributed by atoms with van der Waals surface area (Å²) < 4.78 is 27.1. The van der Waals surface area contributed by atoms with E-state index in [9.17, 15) is 8.78 Å². The summed E-state index contributed by atoms with van der Waals surface area (Å²) in [5, 5.41) is 3.22. The number of alkyl halides is 2. The van der Waals surface area contributed by atoms with Gasteiger partial charge < -0.3 is 5.32 Å². The molecule has 1 atom stereocenters. The van der Waals surface area contributed by atoms with Crippen LogP contribution in [0.1, 0.15) is 51.7 Å². The van der Waals surface area contributed by atoms with Crippen LogP contribution in [0, 0.1) is 5.92 Å². The van der Waals surface area contributed by atoms with Crippen LogP contribution in [-0.2, 0) is 12.3 Å². The third-order valence-electron chi connectivity index (χ3n) is 3.03. The fourth-order valence-electron chi connectivity index (χ4n) is 2.14. The van der Waals surface area contributed by atoms with Crippen LogP contribution in [0.15, 0.2) is 6.08 Å². The Labute approximate surface area is 118 Å². The highest BCUT2D eigenvalue weighted by Crippen LogP contribution is 2.32. The molecule has 0 radical (unpaired) electrons. The molecular formula is C15H21F2N3. The van der Waals surface area contributed by atoms with E-state index < -0.39 is 11.7 Å². The van der Waals surface area contributed by atoms with Gasteiger partial charge in [-0.15, -0.1) is 0 Å². The second-order valence-corrected chi connectivity index (χ2v) is 6.56. The average molecular weight is 281 g/mol. The second-order valence-electron chi connectivity index (χ2n) is 6.56. The molecule has 1 unspecified atom stereocenters. The number of nitrogens with zero attached hydrogens (tertiary/aromatic N) is 2. The highest BCUT2D eigenvalue weighted by Gasteiger charge is 2.31.